The van der Waals surface area contributed by atoms with Crippen LogP contribution in [-0.4, -0.2) is 22.8 Å². The lowest BCUT2D eigenvalue weighted by Gasteiger charge is -2.13. The van der Waals surface area contributed by atoms with Gasteiger partial charge in [0.15, 0.2) is 11.5 Å². The third-order valence-electron chi connectivity index (χ3n) is 2.96. The minimum absolute atomic E-state index is 0.115. The molecule has 0 saturated carbocycles. The van der Waals surface area contributed by atoms with Crippen LogP contribution in [0.15, 0.2) is 22.7 Å². The summed E-state index contributed by atoms with van der Waals surface area (Å²) >= 11 is 0. The van der Waals surface area contributed by atoms with Crippen LogP contribution >= 0.6 is 0 Å². The second-order valence-corrected chi connectivity index (χ2v) is 4.20. The van der Waals surface area contributed by atoms with Crippen molar-refractivity contribution in [3.63, 3.8) is 0 Å². The molecule has 0 bridgehead atoms. The van der Waals surface area contributed by atoms with E-state index in [1.54, 1.807) is 0 Å². The monoisotopic (exact) mass is 261 g/mol. The van der Waals surface area contributed by atoms with Crippen molar-refractivity contribution in [1.82, 2.24) is 5.16 Å². The molecule has 2 aromatic rings. The van der Waals surface area contributed by atoms with E-state index in [1.807, 2.05) is 32.9 Å². The molecule has 2 rings (SSSR count). The van der Waals surface area contributed by atoms with Gasteiger partial charge in [-0.3, -0.25) is 0 Å². The summed E-state index contributed by atoms with van der Waals surface area (Å²) in [5, 5.41) is 12.4. The fraction of sp³-hybridized carbons (Fsp3) is 0.286. The quantitative estimate of drug-likeness (QED) is 0.915. The molecule has 0 aliphatic carbocycles. The second kappa shape index (κ2) is 5.14. The van der Waals surface area contributed by atoms with E-state index in [0.717, 1.165) is 11.1 Å². The van der Waals surface area contributed by atoms with Crippen molar-refractivity contribution in [2.75, 3.05) is 6.61 Å². The van der Waals surface area contributed by atoms with Gasteiger partial charge in [-0.05, 0) is 38.0 Å². The van der Waals surface area contributed by atoms with Gasteiger partial charge in [-0.15, -0.1) is 0 Å². The van der Waals surface area contributed by atoms with Crippen LogP contribution < -0.4 is 4.74 Å². The van der Waals surface area contributed by atoms with Crippen molar-refractivity contribution in [3.05, 3.63) is 35.0 Å². The number of ether oxygens (including phenoxy) is 1. The number of hydrogen-bond acceptors (Lipinski definition) is 4. The van der Waals surface area contributed by atoms with E-state index in [2.05, 4.69) is 5.16 Å². The van der Waals surface area contributed by atoms with Gasteiger partial charge in [-0.25, -0.2) is 4.79 Å². The van der Waals surface area contributed by atoms with Crippen LogP contribution in [0.4, 0.5) is 0 Å². The van der Waals surface area contributed by atoms with E-state index in [-0.39, 0.29) is 5.69 Å². The van der Waals surface area contributed by atoms with E-state index in [9.17, 15) is 4.79 Å². The van der Waals surface area contributed by atoms with Gasteiger partial charge in [-0.2, -0.15) is 0 Å². The van der Waals surface area contributed by atoms with Crippen LogP contribution in [0.5, 0.6) is 5.75 Å². The standard InChI is InChI=1S/C14H15NO4/c1-4-18-13-9(3)8(2)5-6-10(13)12-7-11(14(16)17)15-19-12/h5-7H,4H2,1-3H3,(H,16,17). The van der Waals surface area contributed by atoms with Crippen LogP contribution in [0, 0.1) is 13.8 Å². The molecule has 0 radical (unpaired) electrons. The first kappa shape index (κ1) is 13.1. The van der Waals surface area contributed by atoms with Gasteiger partial charge in [0.05, 0.1) is 12.2 Å². The zero-order valence-corrected chi connectivity index (χ0v) is 11.1. The lowest BCUT2D eigenvalue weighted by molar-refractivity contribution is 0.0686. The molecule has 0 saturated heterocycles. The summed E-state index contributed by atoms with van der Waals surface area (Å²) in [7, 11) is 0. The normalized spacial score (nSPS) is 10.5. The molecule has 1 aromatic carbocycles. The zero-order chi connectivity index (χ0) is 14.0. The molecule has 0 spiro atoms. The Bertz CT molecular complexity index is 616. The topological polar surface area (TPSA) is 72.6 Å². The Kier molecular flexibility index (Phi) is 3.55. The van der Waals surface area contributed by atoms with Gasteiger partial charge in [0, 0.05) is 6.07 Å². The molecular formula is C14H15NO4. The Labute approximate surface area is 110 Å². The molecule has 0 aliphatic rings. The predicted molar refractivity (Wildman–Crippen MR) is 69.5 cm³/mol. The smallest absolute Gasteiger partial charge is 0.358 e. The van der Waals surface area contributed by atoms with Crippen molar-refractivity contribution in [1.29, 1.82) is 0 Å². The lowest BCUT2D eigenvalue weighted by atomic mass is 10.0. The summed E-state index contributed by atoms with van der Waals surface area (Å²) in [6, 6.07) is 5.19. The maximum Gasteiger partial charge on any atom is 0.358 e. The number of nitrogens with zero attached hydrogens (tertiary/aromatic N) is 1. The molecule has 0 fully saturated rings. The number of rotatable bonds is 4. The van der Waals surface area contributed by atoms with Crippen molar-refractivity contribution in [3.8, 4) is 17.1 Å². The second-order valence-electron chi connectivity index (χ2n) is 4.20. The largest absolute Gasteiger partial charge is 0.493 e. The third kappa shape index (κ3) is 2.45. The molecule has 19 heavy (non-hydrogen) atoms. The average molecular weight is 261 g/mol. The number of carbonyl (C=O) groups is 1. The summed E-state index contributed by atoms with van der Waals surface area (Å²) < 4.78 is 10.7. The van der Waals surface area contributed by atoms with Crippen molar-refractivity contribution < 1.29 is 19.2 Å². The summed E-state index contributed by atoms with van der Waals surface area (Å²) in [5.41, 5.74) is 2.71. The van der Waals surface area contributed by atoms with Gasteiger partial charge in [0.2, 0.25) is 0 Å². The Morgan fingerprint density at radius 2 is 2.16 bits per heavy atom. The predicted octanol–water partition coefficient (Wildman–Crippen LogP) is 3.06. The summed E-state index contributed by atoms with van der Waals surface area (Å²) in [6.45, 7) is 6.37. The van der Waals surface area contributed by atoms with E-state index in [4.69, 9.17) is 14.4 Å². The first-order chi connectivity index (χ1) is 9.04. The number of carboxylic acids is 1. The Balaban J connectivity index is 2.54. The number of benzene rings is 1. The highest BCUT2D eigenvalue weighted by atomic mass is 16.5. The van der Waals surface area contributed by atoms with Crippen LogP contribution in [0.25, 0.3) is 11.3 Å². The highest BCUT2D eigenvalue weighted by molar-refractivity contribution is 5.87. The third-order valence-corrected chi connectivity index (χ3v) is 2.96. The molecule has 5 nitrogen and oxygen atoms in total. The van der Waals surface area contributed by atoms with Crippen LogP contribution in [0.2, 0.25) is 0 Å². The number of carboxylic acid groups (broad SMARTS) is 1. The number of aromatic nitrogens is 1. The summed E-state index contributed by atoms with van der Waals surface area (Å²) in [5.74, 6) is -0.0173. The molecule has 0 unspecified atom stereocenters. The SMILES string of the molecule is CCOc1c(-c2cc(C(=O)O)no2)ccc(C)c1C. The van der Waals surface area contributed by atoms with E-state index < -0.39 is 5.97 Å². The molecular weight excluding hydrogens is 246 g/mol. The van der Waals surface area contributed by atoms with Gasteiger partial charge < -0.3 is 14.4 Å². The molecule has 0 atom stereocenters. The molecule has 0 amide bonds. The highest BCUT2D eigenvalue weighted by Crippen LogP contribution is 2.35. The summed E-state index contributed by atoms with van der Waals surface area (Å²) in [4.78, 5) is 10.8. The molecule has 1 N–H and O–H groups in total. The minimum Gasteiger partial charge on any atom is -0.493 e. The number of hydrogen-bond donors (Lipinski definition) is 1. The van der Waals surface area contributed by atoms with Gasteiger partial charge in [0.1, 0.15) is 5.75 Å². The molecule has 100 valence electrons. The number of aryl methyl sites for hydroxylation is 1. The Morgan fingerprint density at radius 1 is 1.42 bits per heavy atom. The summed E-state index contributed by atoms with van der Waals surface area (Å²) in [6.07, 6.45) is 0. The first-order valence-corrected chi connectivity index (χ1v) is 5.98. The van der Waals surface area contributed by atoms with Crippen LogP contribution in [0.1, 0.15) is 28.5 Å². The first-order valence-electron chi connectivity index (χ1n) is 5.98. The van der Waals surface area contributed by atoms with E-state index in [1.165, 1.54) is 6.07 Å². The molecule has 5 heteroatoms. The van der Waals surface area contributed by atoms with Gasteiger partial charge in [-0.1, -0.05) is 11.2 Å². The van der Waals surface area contributed by atoms with Gasteiger partial charge in [0.25, 0.3) is 0 Å². The fourth-order valence-electron chi connectivity index (χ4n) is 1.82. The number of aromatic carboxylic acids is 1. The van der Waals surface area contributed by atoms with Crippen LogP contribution in [0.3, 0.4) is 0 Å². The molecule has 1 aromatic heterocycles. The van der Waals surface area contributed by atoms with Crippen molar-refractivity contribution in [2.45, 2.75) is 20.8 Å². The maximum absolute atomic E-state index is 10.8. The van der Waals surface area contributed by atoms with E-state index >= 15 is 0 Å². The Morgan fingerprint density at radius 3 is 2.74 bits per heavy atom. The van der Waals surface area contributed by atoms with Crippen molar-refractivity contribution in [2.24, 2.45) is 0 Å². The van der Waals surface area contributed by atoms with Crippen LogP contribution in [-0.2, 0) is 0 Å². The molecule has 1 heterocycles. The fourth-order valence-corrected chi connectivity index (χ4v) is 1.82. The minimum atomic E-state index is -1.11. The molecule has 0 aliphatic heterocycles. The zero-order valence-electron chi connectivity index (χ0n) is 11.1. The maximum atomic E-state index is 10.8. The van der Waals surface area contributed by atoms with Gasteiger partial charge >= 0.3 is 5.97 Å². The highest BCUT2D eigenvalue weighted by Gasteiger charge is 2.17. The Hall–Kier alpha value is -2.30. The van der Waals surface area contributed by atoms with E-state index in [0.29, 0.717) is 23.7 Å². The average Bonchev–Trinajstić information content (AvgIpc) is 2.85. The van der Waals surface area contributed by atoms with Crippen molar-refractivity contribution >= 4 is 5.97 Å². The lowest BCUT2D eigenvalue weighted by Crippen LogP contribution is -1.98.